The predicted molar refractivity (Wildman–Crippen MR) is 70.9 cm³/mol. The molecule has 0 bridgehead atoms. The van der Waals surface area contributed by atoms with Crippen LogP contribution < -0.4 is 4.72 Å². The molecule has 0 fully saturated rings. The molecule has 0 aliphatic rings. The number of aryl methyl sites for hydroxylation is 1. The molecular weight excluding hydrogens is 325 g/mol. The van der Waals surface area contributed by atoms with Crippen molar-refractivity contribution in [2.45, 2.75) is 11.8 Å². The van der Waals surface area contributed by atoms with E-state index < -0.39 is 15.8 Å². The van der Waals surface area contributed by atoms with E-state index in [1.165, 1.54) is 12.1 Å². The number of benzene rings is 1. The van der Waals surface area contributed by atoms with Gasteiger partial charge < -0.3 is 4.74 Å². The van der Waals surface area contributed by atoms with Crippen molar-refractivity contribution in [2.75, 3.05) is 25.1 Å². The number of halogens is 2. The van der Waals surface area contributed by atoms with E-state index in [2.05, 4.69) is 20.7 Å². The van der Waals surface area contributed by atoms with Crippen LogP contribution in [0.5, 0.6) is 0 Å². The molecule has 18 heavy (non-hydrogen) atoms. The van der Waals surface area contributed by atoms with Crippen molar-refractivity contribution in [3.05, 3.63) is 29.6 Å². The average molecular weight is 340 g/mol. The molecule has 7 heteroatoms. The summed E-state index contributed by atoms with van der Waals surface area (Å²) in [7, 11) is -3.60. The molecule has 0 radical (unpaired) electrons. The summed E-state index contributed by atoms with van der Waals surface area (Å²) < 4.78 is 44.2. The van der Waals surface area contributed by atoms with Crippen LogP contribution in [0.2, 0.25) is 0 Å². The Morgan fingerprint density at radius 3 is 2.72 bits per heavy atom. The molecule has 0 amide bonds. The lowest BCUT2D eigenvalue weighted by atomic mass is 10.2. The predicted octanol–water partition coefficient (Wildman–Crippen LogP) is 1.82. The van der Waals surface area contributed by atoms with Crippen LogP contribution in [0.15, 0.2) is 23.1 Å². The van der Waals surface area contributed by atoms with E-state index in [-0.39, 0.29) is 11.4 Å². The van der Waals surface area contributed by atoms with Crippen molar-refractivity contribution in [2.24, 2.45) is 0 Å². The van der Waals surface area contributed by atoms with Crippen LogP contribution in [0.25, 0.3) is 0 Å². The number of nitrogens with one attached hydrogen (secondary N) is 1. The first-order chi connectivity index (χ1) is 8.47. The molecule has 102 valence electrons. The third kappa shape index (κ3) is 4.64. The van der Waals surface area contributed by atoms with Gasteiger partial charge in [-0.15, -0.1) is 0 Å². The zero-order valence-electron chi connectivity index (χ0n) is 9.95. The zero-order valence-corrected chi connectivity index (χ0v) is 12.4. The van der Waals surface area contributed by atoms with Gasteiger partial charge in [-0.1, -0.05) is 15.9 Å². The Morgan fingerprint density at radius 2 is 2.11 bits per heavy atom. The van der Waals surface area contributed by atoms with Crippen molar-refractivity contribution >= 4 is 26.0 Å². The van der Waals surface area contributed by atoms with Crippen LogP contribution in [0, 0.1) is 12.7 Å². The van der Waals surface area contributed by atoms with Crippen LogP contribution in [-0.2, 0) is 14.8 Å². The maximum atomic E-state index is 12.9. The van der Waals surface area contributed by atoms with Crippen molar-refractivity contribution in [1.29, 1.82) is 0 Å². The molecular formula is C11H15BrFNO3S. The van der Waals surface area contributed by atoms with Crippen molar-refractivity contribution < 1.29 is 17.5 Å². The highest BCUT2D eigenvalue weighted by molar-refractivity contribution is 9.09. The molecule has 0 saturated carbocycles. The molecule has 0 atom stereocenters. The van der Waals surface area contributed by atoms with Gasteiger partial charge in [0.25, 0.3) is 0 Å². The van der Waals surface area contributed by atoms with Gasteiger partial charge in [-0.05, 0) is 30.7 Å². The van der Waals surface area contributed by atoms with E-state index in [9.17, 15) is 12.8 Å². The SMILES string of the molecule is Cc1cc(F)ccc1S(=O)(=O)NCCOCCBr. The fraction of sp³-hybridized carbons (Fsp3) is 0.455. The Hall–Kier alpha value is -0.500. The van der Waals surface area contributed by atoms with Gasteiger partial charge in [0, 0.05) is 11.9 Å². The van der Waals surface area contributed by atoms with E-state index in [1.54, 1.807) is 6.92 Å². The van der Waals surface area contributed by atoms with Gasteiger partial charge in [0.2, 0.25) is 10.0 Å². The van der Waals surface area contributed by atoms with E-state index >= 15 is 0 Å². The number of ether oxygens (including phenoxy) is 1. The molecule has 1 aromatic carbocycles. The zero-order chi connectivity index (χ0) is 13.6. The number of rotatable bonds is 7. The van der Waals surface area contributed by atoms with E-state index in [0.29, 0.717) is 24.1 Å². The topological polar surface area (TPSA) is 55.4 Å². The van der Waals surface area contributed by atoms with Gasteiger partial charge in [-0.3, -0.25) is 0 Å². The Morgan fingerprint density at radius 1 is 1.39 bits per heavy atom. The lowest BCUT2D eigenvalue weighted by Crippen LogP contribution is -2.28. The minimum atomic E-state index is -3.60. The minimum Gasteiger partial charge on any atom is -0.379 e. The van der Waals surface area contributed by atoms with Gasteiger partial charge in [0.1, 0.15) is 5.82 Å². The molecule has 1 N–H and O–H groups in total. The maximum Gasteiger partial charge on any atom is 0.240 e. The summed E-state index contributed by atoms with van der Waals surface area (Å²) in [5.41, 5.74) is 0.379. The monoisotopic (exact) mass is 339 g/mol. The third-order valence-electron chi connectivity index (χ3n) is 2.19. The normalized spacial score (nSPS) is 11.7. The van der Waals surface area contributed by atoms with Crippen LogP contribution in [0.4, 0.5) is 4.39 Å². The average Bonchev–Trinajstić information content (AvgIpc) is 2.28. The standard InChI is InChI=1S/C11H15BrFNO3S/c1-9-8-10(13)2-3-11(9)18(15,16)14-5-7-17-6-4-12/h2-3,8,14H,4-7H2,1H3. The minimum absolute atomic E-state index is 0.0874. The second-order valence-corrected chi connectivity index (χ2v) is 6.14. The number of hydrogen-bond acceptors (Lipinski definition) is 3. The van der Waals surface area contributed by atoms with Crippen molar-refractivity contribution in [3.63, 3.8) is 0 Å². The summed E-state index contributed by atoms with van der Waals surface area (Å²) in [5, 5.41) is 0.705. The number of sulfonamides is 1. The van der Waals surface area contributed by atoms with E-state index in [0.717, 1.165) is 6.07 Å². The Kier molecular flexibility index (Phi) is 6.20. The molecule has 0 spiro atoms. The molecule has 0 aliphatic carbocycles. The largest absolute Gasteiger partial charge is 0.379 e. The van der Waals surface area contributed by atoms with Crippen LogP contribution in [0.1, 0.15) is 5.56 Å². The number of hydrogen-bond donors (Lipinski definition) is 1. The molecule has 0 aromatic heterocycles. The summed E-state index contributed by atoms with van der Waals surface area (Å²) in [6.45, 7) is 2.56. The Labute approximate surface area is 115 Å². The van der Waals surface area contributed by atoms with Gasteiger partial charge >= 0.3 is 0 Å². The lowest BCUT2D eigenvalue weighted by molar-refractivity contribution is 0.156. The Bertz CT molecular complexity index is 493. The lowest BCUT2D eigenvalue weighted by Gasteiger charge is -2.09. The summed E-state index contributed by atoms with van der Waals surface area (Å²) in [6.07, 6.45) is 0. The fourth-order valence-corrected chi connectivity index (χ4v) is 2.86. The van der Waals surface area contributed by atoms with Crippen molar-refractivity contribution in [3.8, 4) is 0 Å². The summed E-state index contributed by atoms with van der Waals surface area (Å²) in [6, 6.07) is 3.57. The summed E-state index contributed by atoms with van der Waals surface area (Å²) in [5.74, 6) is -0.452. The first kappa shape index (κ1) is 15.6. The molecule has 0 saturated heterocycles. The highest BCUT2D eigenvalue weighted by Crippen LogP contribution is 2.15. The fourth-order valence-electron chi connectivity index (χ4n) is 1.40. The highest BCUT2D eigenvalue weighted by atomic mass is 79.9. The quantitative estimate of drug-likeness (QED) is 0.609. The maximum absolute atomic E-state index is 12.9. The Balaban J connectivity index is 2.63. The molecule has 1 rings (SSSR count). The molecule has 1 aromatic rings. The first-order valence-electron chi connectivity index (χ1n) is 5.37. The third-order valence-corrected chi connectivity index (χ3v) is 4.13. The second-order valence-electron chi connectivity index (χ2n) is 3.61. The molecule has 0 unspecified atom stereocenters. The summed E-state index contributed by atoms with van der Waals surface area (Å²) >= 11 is 3.19. The smallest absolute Gasteiger partial charge is 0.240 e. The highest BCUT2D eigenvalue weighted by Gasteiger charge is 2.16. The van der Waals surface area contributed by atoms with Gasteiger partial charge in [0.05, 0.1) is 18.1 Å². The summed E-state index contributed by atoms with van der Waals surface area (Å²) in [4.78, 5) is 0.0874. The van der Waals surface area contributed by atoms with Gasteiger partial charge in [0.15, 0.2) is 0 Å². The van der Waals surface area contributed by atoms with Gasteiger partial charge in [-0.25, -0.2) is 17.5 Å². The second kappa shape index (κ2) is 7.18. The number of alkyl halides is 1. The molecule has 4 nitrogen and oxygen atoms in total. The van der Waals surface area contributed by atoms with Crippen LogP contribution >= 0.6 is 15.9 Å². The first-order valence-corrected chi connectivity index (χ1v) is 7.97. The van der Waals surface area contributed by atoms with E-state index in [1.807, 2.05) is 0 Å². The van der Waals surface area contributed by atoms with Crippen LogP contribution in [-0.4, -0.2) is 33.5 Å². The van der Waals surface area contributed by atoms with E-state index in [4.69, 9.17) is 4.74 Å². The van der Waals surface area contributed by atoms with Crippen molar-refractivity contribution in [1.82, 2.24) is 4.72 Å². The molecule has 0 aliphatic heterocycles. The van der Waals surface area contributed by atoms with Gasteiger partial charge in [-0.2, -0.15) is 0 Å². The molecule has 0 heterocycles. The van der Waals surface area contributed by atoms with Crippen LogP contribution in [0.3, 0.4) is 0 Å².